The molecule has 1 fully saturated rings. The first-order valence-corrected chi connectivity index (χ1v) is 8.04. The van der Waals surface area contributed by atoms with Crippen LogP contribution < -0.4 is 5.32 Å². The largest absolute Gasteiger partial charge is 0.326 e. The number of amides is 1. The summed E-state index contributed by atoms with van der Waals surface area (Å²) >= 11 is 0. The molecular formula is C18H27NO. The SMILES string of the molecule is CCc1ccc(NC(=O)C2CCC(CC)CC2)cc1C. The van der Waals surface area contributed by atoms with Crippen molar-refractivity contribution in [2.24, 2.45) is 11.8 Å². The van der Waals surface area contributed by atoms with E-state index in [0.717, 1.165) is 30.9 Å². The molecule has 110 valence electrons. The van der Waals surface area contributed by atoms with Crippen LogP contribution in [0.2, 0.25) is 0 Å². The van der Waals surface area contributed by atoms with Gasteiger partial charge in [0.05, 0.1) is 0 Å². The predicted octanol–water partition coefficient (Wildman–Crippen LogP) is 4.71. The molecule has 1 aromatic rings. The molecule has 2 heteroatoms. The van der Waals surface area contributed by atoms with Crippen LogP contribution in [0.25, 0.3) is 0 Å². The van der Waals surface area contributed by atoms with Gasteiger partial charge in [-0.1, -0.05) is 26.3 Å². The topological polar surface area (TPSA) is 29.1 Å². The molecule has 0 aromatic heterocycles. The molecular weight excluding hydrogens is 246 g/mol. The molecule has 1 N–H and O–H groups in total. The van der Waals surface area contributed by atoms with E-state index in [2.05, 4.69) is 38.2 Å². The van der Waals surface area contributed by atoms with Gasteiger partial charge in [-0.25, -0.2) is 0 Å². The van der Waals surface area contributed by atoms with Gasteiger partial charge in [-0.2, -0.15) is 0 Å². The van der Waals surface area contributed by atoms with Crippen LogP contribution >= 0.6 is 0 Å². The van der Waals surface area contributed by atoms with Crippen LogP contribution in [0.4, 0.5) is 5.69 Å². The summed E-state index contributed by atoms with van der Waals surface area (Å²) in [6.45, 7) is 6.52. The molecule has 0 atom stereocenters. The maximum atomic E-state index is 12.3. The lowest BCUT2D eigenvalue weighted by atomic mass is 9.80. The zero-order valence-corrected chi connectivity index (χ0v) is 13.0. The molecule has 0 unspecified atom stereocenters. The van der Waals surface area contributed by atoms with Crippen LogP contribution in [0.3, 0.4) is 0 Å². The maximum absolute atomic E-state index is 12.3. The normalized spacial score (nSPS) is 22.6. The van der Waals surface area contributed by atoms with Crippen LogP contribution in [0.5, 0.6) is 0 Å². The number of rotatable bonds is 4. The molecule has 20 heavy (non-hydrogen) atoms. The third-order valence-corrected chi connectivity index (χ3v) is 4.79. The summed E-state index contributed by atoms with van der Waals surface area (Å²) in [7, 11) is 0. The minimum atomic E-state index is 0.211. The molecule has 1 aliphatic rings. The summed E-state index contributed by atoms with van der Waals surface area (Å²) in [6, 6.07) is 6.24. The Morgan fingerprint density at radius 1 is 1.20 bits per heavy atom. The average molecular weight is 273 g/mol. The van der Waals surface area contributed by atoms with E-state index in [-0.39, 0.29) is 11.8 Å². The van der Waals surface area contributed by atoms with Gasteiger partial charge in [0.1, 0.15) is 0 Å². The second-order valence-corrected chi connectivity index (χ2v) is 6.11. The Bertz CT molecular complexity index is 458. The summed E-state index contributed by atoms with van der Waals surface area (Å²) in [5.74, 6) is 1.26. The van der Waals surface area contributed by atoms with Gasteiger partial charge < -0.3 is 5.32 Å². The number of benzene rings is 1. The average Bonchev–Trinajstić information content (AvgIpc) is 2.47. The molecule has 2 nitrogen and oxygen atoms in total. The smallest absolute Gasteiger partial charge is 0.227 e. The van der Waals surface area contributed by atoms with E-state index in [1.54, 1.807) is 0 Å². The molecule has 0 spiro atoms. The number of carbonyl (C=O) groups is 1. The van der Waals surface area contributed by atoms with Crippen LogP contribution in [0, 0.1) is 18.8 Å². The molecule has 1 aromatic carbocycles. The first-order valence-electron chi connectivity index (χ1n) is 8.04. The van der Waals surface area contributed by atoms with E-state index in [1.165, 1.54) is 30.4 Å². The highest BCUT2D eigenvalue weighted by Crippen LogP contribution is 2.31. The number of hydrogen-bond donors (Lipinski definition) is 1. The zero-order chi connectivity index (χ0) is 14.5. The number of aryl methyl sites for hydroxylation is 2. The summed E-state index contributed by atoms with van der Waals surface area (Å²) in [6.07, 6.45) is 6.82. The summed E-state index contributed by atoms with van der Waals surface area (Å²) < 4.78 is 0. The van der Waals surface area contributed by atoms with Gasteiger partial charge in [-0.15, -0.1) is 0 Å². The minimum Gasteiger partial charge on any atom is -0.326 e. The fraction of sp³-hybridized carbons (Fsp3) is 0.611. The fourth-order valence-electron chi connectivity index (χ4n) is 3.25. The number of nitrogens with one attached hydrogen (secondary N) is 1. The maximum Gasteiger partial charge on any atom is 0.227 e. The first-order chi connectivity index (χ1) is 9.63. The molecule has 0 bridgehead atoms. The molecule has 0 aliphatic heterocycles. The van der Waals surface area contributed by atoms with Crippen molar-refractivity contribution >= 4 is 11.6 Å². The third-order valence-electron chi connectivity index (χ3n) is 4.79. The van der Waals surface area contributed by atoms with Crippen LogP contribution in [0.15, 0.2) is 18.2 Å². The van der Waals surface area contributed by atoms with Crippen molar-refractivity contribution in [2.45, 2.75) is 59.3 Å². The summed E-state index contributed by atoms with van der Waals surface area (Å²) in [5.41, 5.74) is 3.56. The minimum absolute atomic E-state index is 0.211. The van der Waals surface area contributed by atoms with Crippen LogP contribution in [-0.2, 0) is 11.2 Å². The molecule has 0 radical (unpaired) electrons. The Kier molecular flexibility index (Phi) is 5.22. The van der Waals surface area contributed by atoms with E-state index in [4.69, 9.17) is 0 Å². The van der Waals surface area contributed by atoms with Crippen molar-refractivity contribution in [3.05, 3.63) is 29.3 Å². The summed E-state index contributed by atoms with van der Waals surface area (Å²) in [4.78, 5) is 12.3. The highest BCUT2D eigenvalue weighted by Gasteiger charge is 2.25. The van der Waals surface area contributed by atoms with E-state index < -0.39 is 0 Å². The Hall–Kier alpha value is -1.31. The number of carbonyl (C=O) groups excluding carboxylic acids is 1. The van der Waals surface area contributed by atoms with Crippen molar-refractivity contribution in [1.29, 1.82) is 0 Å². The summed E-state index contributed by atoms with van der Waals surface area (Å²) in [5, 5.41) is 3.10. The van der Waals surface area contributed by atoms with Crippen molar-refractivity contribution in [3.8, 4) is 0 Å². The third kappa shape index (κ3) is 3.62. The lowest BCUT2D eigenvalue weighted by Crippen LogP contribution is -2.27. The van der Waals surface area contributed by atoms with Gasteiger partial charge >= 0.3 is 0 Å². The van der Waals surface area contributed by atoms with Gasteiger partial charge in [0.15, 0.2) is 0 Å². The molecule has 0 saturated heterocycles. The highest BCUT2D eigenvalue weighted by molar-refractivity contribution is 5.92. The van der Waals surface area contributed by atoms with Crippen LogP contribution in [-0.4, -0.2) is 5.91 Å². The van der Waals surface area contributed by atoms with Gasteiger partial charge in [0.2, 0.25) is 5.91 Å². The second kappa shape index (κ2) is 6.92. The van der Waals surface area contributed by atoms with E-state index in [1.807, 2.05) is 6.07 Å². The quantitative estimate of drug-likeness (QED) is 0.845. The monoisotopic (exact) mass is 273 g/mol. The Morgan fingerprint density at radius 2 is 1.90 bits per heavy atom. The highest BCUT2D eigenvalue weighted by atomic mass is 16.1. The van der Waals surface area contributed by atoms with Crippen molar-refractivity contribution in [3.63, 3.8) is 0 Å². The Morgan fingerprint density at radius 3 is 2.45 bits per heavy atom. The van der Waals surface area contributed by atoms with Gasteiger partial charge in [0, 0.05) is 11.6 Å². The van der Waals surface area contributed by atoms with E-state index in [9.17, 15) is 4.79 Å². The molecule has 0 heterocycles. The molecule has 1 amide bonds. The van der Waals surface area contributed by atoms with Crippen molar-refractivity contribution < 1.29 is 4.79 Å². The molecule has 2 rings (SSSR count). The zero-order valence-electron chi connectivity index (χ0n) is 13.0. The molecule has 1 saturated carbocycles. The van der Waals surface area contributed by atoms with Crippen molar-refractivity contribution in [1.82, 2.24) is 0 Å². The first kappa shape index (κ1) is 15.1. The molecule has 1 aliphatic carbocycles. The lowest BCUT2D eigenvalue weighted by Gasteiger charge is -2.27. The van der Waals surface area contributed by atoms with Gasteiger partial charge in [0.25, 0.3) is 0 Å². The fourth-order valence-corrected chi connectivity index (χ4v) is 3.25. The Labute approximate surface area is 123 Å². The van der Waals surface area contributed by atoms with E-state index >= 15 is 0 Å². The standard InChI is InChI=1S/C18H27NO/c1-4-14-6-8-16(9-7-14)18(20)19-17-11-10-15(5-2)13(3)12-17/h10-12,14,16H,4-9H2,1-3H3,(H,19,20). The lowest BCUT2D eigenvalue weighted by molar-refractivity contribution is -0.121. The van der Waals surface area contributed by atoms with Crippen molar-refractivity contribution in [2.75, 3.05) is 5.32 Å². The van der Waals surface area contributed by atoms with Crippen LogP contribution in [0.1, 0.15) is 57.1 Å². The predicted molar refractivity (Wildman–Crippen MR) is 84.9 cm³/mol. The Balaban J connectivity index is 1.93. The second-order valence-electron chi connectivity index (χ2n) is 6.11. The van der Waals surface area contributed by atoms with Gasteiger partial charge in [-0.05, 0) is 68.2 Å². The number of anilines is 1. The number of hydrogen-bond acceptors (Lipinski definition) is 1. The van der Waals surface area contributed by atoms with E-state index in [0.29, 0.717) is 0 Å². The van der Waals surface area contributed by atoms with Gasteiger partial charge in [-0.3, -0.25) is 4.79 Å².